The SMILES string of the molecule is CCOC(=O)c1cc(N)ccc1N(CC)CC. The Bertz CT molecular complexity index is 387. The zero-order valence-electron chi connectivity index (χ0n) is 10.7. The summed E-state index contributed by atoms with van der Waals surface area (Å²) in [6.07, 6.45) is 0. The van der Waals surface area contributed by atoms with Crippen LogP contribution in [0.5, 0.6) is 0 Å². The first kappa shape index (κ1) is 13.4. The Kier molecular flexibility index (Phi) is 4.82. The molecule has 4 nitrogen and oxygen atoms in total. The molecule has 0 spiro atoms. The fourth-order valence-electron chi connectivity index (χ4n) is 1.77. The molecule has 1 rings (SSSR count). The van der Waals surface area contributed by atoms with Crippen LogP contribution >= 0.6 is 0 Å². The standard InChI is InChI=1S/C13H20N2O2/c1-4-15(5-2)12-8-7-10(14)9-11(12)13(16)17-6-3/h7-9H,4-6,14H2,1-3H3. The molecular formula is C13H20N2O2. The maximum absolute atomic E-state index is 11.8. The Morgan fingerprint density at radius 1 is 1.29 bits per heavy atom. The van der Waals surface area contributed by atoms with E-state index in [4.69, 9.17) is 10.5 Å². The monoisotopic (exact) mass is 236 g/mol. The topological polar surface area (TPSA) is 55.6 Å². The van der Waals surface area contributed by atoms with Gasteiger partial charge in [0, 0.05) is 18.8 Å². The lowest BCUT2D eigenvalue weighted by Gasteiger charge is -2.23. The molecule has 0 saturated heterocycles. The van der Waals surface area contributed by atoms with Crippen LogP contribution in [-0.2, 0) is 4.74 Å². The van der Waals surface area contributed by atoms with Gasteiger partial charge in [-0.15, -0.1) is 0 Å². The van der Waals surface area contributed by atoms with Gasteiger partial charge in [0.05, 0.1) is 17.9 Å². The van der Waals surface area contributed by atoms with Gasteiger partial charge < -0.3 is 15.4 Å². The molecule has 94 valence electrons. The number of nitrogens with zero attached hydrogens (tertiary/aromatic N) is 1. The van der Waals surface area contributed by atoms with E-state index in [0.717, 1.165) is 18.8 Å². The predicted molar refractivity (Wildman–Crippen MR) is 70.4 cm³/mol. The zero-order chi connectivity index (χ0) is 12.8. The molecule has 0 radical (unpaired) electrons. The van der Waals surface area contributed by atoms with E-state index in [1.807, 2.05) is 6.07 Å². The highest BCUT2D eigenvalue weighted by molar-refractivity contribution is 5.97. The Morgan fingerprint density at radius 3 is 2.47 bits per heavy atom. The summed E-state index contributed by atoms with van der Waals surface area (Å²) in [5, 5.41) is 0. The lowest BCUT2D eigenvalue weighted by Crippen LogP contribution is -2.24. The Hall–Kier alpha value is -1.71. The van der Waals surface area contributed by atoms with Crippen LogP contribution < -0.4 is 10.6 Å². The van der Waals surface area contributed by atoms with Gasteiger partial charge in [0.25, 0.3) is 0 Å². The van der Waals surface area contributed by atoms with Gasteiger partial charge in [0.15, 0.2) is 0 Å². The summed E-state index contributed by atoms with van der Waals surface area (Å²) >= 11 is 0. The summed E-state index contributed by atoms with van der Waals surface area (Å²) < 4.78 is 5.04. The minimum Gasteiger partial charge on any atom is -0.462 e. The summed E-state index contributed by atoms with van der Waals surface area (Å²) in [6.45, 7) is 7.94. The van der Waals surface area contributed by atoms with E-state index in [1.54, 1.807) is 19.1 Å². The van der Waals surface area contributed by atoms with Crippen molar-refractivity contribution in [1.82, 2.24) is 0 Å². The van der Waals surface area contributed by atoms with E-state index in [-0.39, 0.29) is 5.97 Å². The largest absolute Gasteiger partial charge is 0.462 e. The number of nitrogen functional groups attached to an aromatic ring is 1. The minimum absolute atomic E-state index is 0.318. The van der Waals surface area contributed by atoms with Crippen molar-refractivity contribution in [1.29, 1.82) is 0 Å². The maximum Gasteiger partial charge on any atom is 0.340 e. The van der Waals surface area contributed by atoms with Crippen molar-refractivity contribution in [3.63, 3.8) is 0 Å². The zero-order valence-corrected chi connectivity index (χ0v) is 10.7. The Balaban J connectivity index is 3.15. The first-order valence-corrected chi connectivity index (χ1v) is 5.95. The van der Waals surface area contributed by atoms with Crippen LogP contribution in [0, 0.1) is 0 Å². The van der Waals surface area contributed by atoms with Crippen molar-refractivity contribution in [2.75, 3.05) is 30.3 Å². The quantitative estimate of drug-likeness (QED) is 0.629. The molecule has 0 atom stereocenters. The van der Waals surface area contributed by atoms with Crippen molar-refractivity contribution >= 4 is 17.3 Å². The molecule has 0 amide bonds. The van der Waals surface area contributed by atoms with Crippen molar-refractivity contribution < 1.29 is 9.53 Å². The summed E-state index contributed by atoms with van der Waals surface area (Å²) in [5.74, 6) is -0.318. The number of hydrogen-bond acceptors (Lipinski definition) is 4. The first-order chi connectivity index (χ1) is 8.13. The van der Waals surface area contributed by atoms with Crippen LogP contribution in [0.15, 0.2) is 18.2 Å². The van der Waals surface area contributed by atoms with Gasteiger partial charge in [-0.2, -0.15) is 0 Å². The molecule has 2 N–H and O–H groups in total. The molecule has 0 aliphatic carbocycles. The fraction of sp³-hybridized carbons (Fsp3) is 0.462. The third kappa shape index (κ3) is 3.12. The van der Waals surface area contributed by atoms with Crippen LogP contribution in [0.4, 0.5) is 11.4 Å². The van der Waals surface area contributed by atoms with E-state index in [9.17, 15) is 4.79 Å². The summed E-state index contributed by atoms with van der Waals surface area (Å²) in [7, 11) is 0. The second kappa shape index (κ2) is 6.13. The van der Waals surface area contributed by atoms with Crippen LogP contribution in [-0.4, -0.2) is 25.7 Å². The van der Waals surface area contributed by atoms with Crippen molar-refractivity contribution in [2.24, 2.45) is 0 Å². The highest BCUT2D eigenvalue weighted by atomic mass is 16.5. The summed E-state index contributed by atoms with van der Waals surface area (Å²) in [5.41, 5.74) is 7.71. The van der Waals surface area contributed by atoms with Crippen LogP contribution in [0.2, 0.25) is 0 Å². The highest BCUT2D eigenvalue weighted by Gasteiger charge is 2.16. The smallest absolute Gasteiger partial charge is 0.340 e. The van der Waals surface area contributed by atoms with Gasteiger partial charge in [0.2, 0.25) is 0 Å². The molecule has 0 aliphatic heterocycles. The predicted octanol–water partition coefficient (Wildman–Crippen LogP) is 2.29. The Labute approximate surface area is 102 Å². The number of anilines is 2. The normalized spacial score (nSPS) is 10.1. The van der Waals surface area contributed by atoms with E-state index in [2.05, 4.69) is 18.7 Å². The van der Waals surface area contributed by atoms with Crippen LogP contribution in [0.3, 0.4) is 0 Å². The molecule has 0 aliphatic rings. The van der Waals surface area contributed by atoms with Gasteiger partial charge in [0.1, 0.15) is 0 Å². The molecule has 0 aromatic heterocycles. The number of ether oxygens (including phenoxy) is 1. The average Bonchev–Trinajstić information content (AvgIpc) is 2.32. The van der Waals surface area contributed by atoms with Gasteiger partial charge in [-0.25, -0.2) is 4.79 Å². The third-order valence-electron chi connectivity index (χ3n) is 2.62. The Morgan fingerprint density at radius 2 is 1.94 bits per heavy atom. The number of hydrogen-bond donors (Lipinski definition) is 1. The van der Waals surface area contributed by atoms with E-state index >= 15 is 0 Å². The number of carbonyl (C=O) groups excluding carboxylic acids is 1. The molecule has 4 heteroatoms. The van der Waals surface area contributed by atoms with Gasteiger partial charge >= 0.3 is 5.97 Å². The molecule has 0 fully saturated rings. The lowest BCUT2D eigenvalue weighted by molar-refractivity contribution is 0.0527. The van der Waals surface area contributed by atoms with Crippen molar-refractivity contribution in [3.8, 4) is 0 Å². The molecule has 0 unspecified atom stereocenters. The molecule has 0 heterocycles. The number of carbonyl (C=O) groups is 1. The molecule has 1 aromatic carbocycles. The number of nitrogens with two attached hydrogens (primary N) is 1. The van der Waals surface area contributed by atoms with E-state index in [0.29, 0.717) is 17.9 Å². The lowest BCUT2D eigenvalue weighted by atomic mass is 10.1. The van der Waals surface area contributed by atoms with Gasteiger partial charge in [-0.1, -0.05) is 0 Å². The minimum atomic E-state index is -0.318. The third-order valence-corrected chi connectivity index (χ3v) is 2.62. The van der Waals surface area contributed by atoms with Crippen LogP contribution in [0.1, 0.15) is 31.1 Å². The second-order valence-corrected chi connectivity index (χ2v) is 3.67. The van der Waals surface area contributed by atoms with Crippen LogP contribution in [0.25, 0.3) is 0 Å². The van der Waals surface area contributed by atoms with E-state index < -0.39 is 0 Å². The molecule has 0 saturated carbocycles. The molecule has 1 aromatic rings. The van der Waals surface area contributed by atoms with Crippen molar-refractivity contribution in [3.05, 3.63) is 23.8 Å². The maximum atomic E-state index is 11.8. The van der Waals surface area contributed by atoms with Crippen molar-refractivity contribution in [2.45, 2.75) is 20.8 Å². The average molecular weight is 236 g/mol. The number of rotatable bonds is 5. The molecule has 17 heavy (non-hydrogen) atoms. The van der Waals surface area contributed by atoms with Gasteiger partial charge in [-0.05, 0) is 39.0 Å². The van der Waals surface area contributed by atoms with E-state index in [1.165, 1.54) is 0 Å². The highest BCUT2D eigenvalue weighted by Crippen LogP contribution is 2.23. The number of benzene rings is 1. The molecular weight excluding hydrogens is 216 g/mol. The second-order valence-electron chi connectivity index (χ2n) is 3.67. The summed E-state index contributed by atoms with van der Waals surface area (Å²) in [6, 6.07) is 5.34. The fourth-order valence-corrected chi connectivity index (χ4v) is 1.77. The summed E-state index contributed by atoms with van der Waals surface area (Å²) in [4.78, 5) is 14.0. The number of esters is 1. The van der Waals surface area contributed by atoms with Gasteiger partial charge in [-0.3, -0.25) is 0 Å². The first-order valence-electron chi connectivity index (χ1n) is 5.95. The molecule has 0 bridgehead atoms.